The Morgan fingerprint density at radius 3 is 3.08 bits per heavy atom. The summed E-state index contributed by atoms with van der Waals surface area (Å²) < 4.78 is 1.90. The van der Waals surface area contributed by atoms with E-state index in [-0.39, 0.29) is 0 Å². The Hall–Kier alpha value is -1.03. The first kappa shape index (κ1) is 8.56. The first-order chi connectivity index (χ1) is 6.29. The number of aromatic nitrogens is 2. The smallest absolute Gasteiger partial charge is 0.148 e. The highest BCUT2D eigenvalue weighted by molar-refractivity contribution is 5.38. The fourth-order valence-electron chi connectivity index (χ4n) is 1.40. The van der Waals surface area contributed by atoms with Gasteiger partial charge in [-0.15, -0.1) is 0 Å². The number of rotatable bonds is 4. The molecule has 0 aromatic carbocycles. The van der Waals surface area contributed by atoms with Crippen molar-refractivity contribution in [3.05, 3.63) is 11.8 Å². The van der Waals surface area contributed by atoms with E-state index in [1.807, 2.05) is 11.7 Å². The topological polar surface area (TPSA) is 55.9 Å². The fraction of sp³-hybridized carbons (Fsp3) is 0.667. The second kappa shape index (κ2) is 3.38. The minimum atomic E-state index is 0.667. The number of nitrogens with two attached hydrogens (primary N) is 1. The maximum Gasteiger partial charge on any atom is 0.148 e. The van der Waals surface area contributed by atoms with Crippen LogP contribution in [-0.4, -0.2) is 22.4 Å². The van der Waals surface area contributed by atoms with Crippen LogP contribution in [0.4, 0.5) is 5.82 Å². The molecule has 1 aliphatic carbocycles. The van der Waals surface area contributed by atoms with Crippen LogP contribution in [-0.2, 0) is 13.5 Å². The van der Waals surface area contributed by atoms with Crippen LogP contribution in [0.5, 0.6) is 0 Å². The highest BCUT2D eigenvalue weighted by Crippen LogP contribution is 2.24. The molecule has 0 unspecified atom stereocenters. The Morgan fingerprint density at radius 2 is 2.46 bits per heavy atom. The summed E-state index contributed by atoms with van der Waals surface area (Å²) in [5.41, 5.74) is 6.69. The molecule has 4 nitrogen and oxygen atoms in total. The molecule has 4 heteroatoms. The van der Waals surface area contributed by atoms with Crippen LogP contribution in [0.2, 0.25) is 0 Å². The van der Waals surface area contributed by atoms with Gasteiger partial charge in [0.05, 0.1) is 0 Å². The van der Waals surface area contributed by atoms with Crippen molar-refractivity contribution in [3.63, 3.8) is 0 Å². The third kappa shape index (κ3) is 2.01. The lowest BCUT2D eigenvalue weighted by atomic mass is 10.3. The Balaban J connectivity index is 2.04. The summed E-state index contributed by atoms with van der Waals surface area (Å²) in [6.07, 6.45) is 3.46. The lowest BCUT2D eigenvalue weighted by Gasteiger charge is -1.96. The number of aryl methyl sites for hydroxylation is 1. The molecule has 1 heterocycles. The van der Waals surface area contributed by atoms with Gasteiger partial charge in [-0.25, -0.2) is 0 Å². The van der Waals surface area contributed by atoms with Gasteiger partial charge in [-0.3, -0.25) is 4.68 Å². The molecule has 13 heavy (non-hydrogen) atoms. The van der Waals surface area contributed by atoms with E-state index in [1.54, 1.807) is 0 Å². The van der Waals surface area contributed by atoms with Crippen LogP contribution < -0.4 is 11.1 Å². The number of nitrogens with zero attached hydrogens (tertiary/aromatic N) is 2. The van der Waals surface area contributed by atoms with Crippen molar-refractivity contribution in [1.82, 2.24) is 9.78 Å². The standard InChI is InChI=1S/C9H16N4/c1-13-8(4-5-10)6-9(12-13)11-7-2-3-7/h6-7H,2-5,10H2,1H3,(H,11,12). The average molecular weight is 180 g/mol. The Labute approximate surface area is 78.1 Å². The summed E-state index contributed by atoms with van der Waals surface area (Å²) in [5.74, 6) is 0.994. The van der Waals surface area contributed by atoms with E-state index >= 15 is 0 Å². The van der Waals surface area contributed by atoms with E-state index in [9.17, 15) is 0 Å². The van der Waals surface area contributed by atoms with Gasteiger partial charge in [-0.2, -0.15) is 5.10 Å². The van der Waals surface area contributed by atoms with Gasteiger partial charge in [0, 0.05) is 31.3 Å². The van der Waals surface area contributed by atoms with Crippen LogP contribution in [0.1, 0.15) is 18.5 Å². The van der Waals surface area contributed by atoms with Gasteiger partial charge in [0.2, 0.25) is 0 Å². The predicted octanol–water partition coefficient (Wildman–Crippen LogP) is 0.496. The molecule has 0 atom stereocenters. The first-order valence-corrected chi connectivity index (χ1v) is 4.79. The van der Waals surface area contributed by atoms with E-state index < -0.39 is 0 Å². The summed E-state index contributed by atoms with van der Waals surface area (Å²) >= 11 is 0. The first-order valence-electron chi connectivity index (χ1n) is 4.79. The molecule has 0 amide bonds. The fourth-order valence-corrected chi connectivity index (χ4v) is 1.40. The van der Waals surface area contributed by atoms with Gasteiger partial charge < -0.3 is 11.1 Å². The molecule has 0 saturated heterocycles. The zero-order valence-electron chi connectivity index (χ0n) is 7.95. The average Bonchev–Trinajstić information content (AvgIpc) is 2.81. The van der Waals surface area contributed by atoms with Crippen LogP contribution in [0.3, 0.4) is 0 Å². The zero-order valence-corrected chi connectivity index (χ0v) is 7.95. The quantitative estimate of drug-likeness (QED) is 0.709. The molecular weight excluding hydrogens is 164 g/mol. The minimum absolute atomic E-state index is 0.667. The summed E-state index contributed by atoms with van der Waals surface area (Å²) in [6.45, 7) is 0.683. The molecule has 1 saturated carbocycles. The maximum absolute atomic E-state index is 5.49. The van der Waals surface area contributed by atoms with Crippen molar-refractivity contribution in [1.29, 1.82) is 0 Å². The molecule has 0 aliphatic heterocycles. The largest absolute Gasteiger partial charge is 0.366 e. The molecule has 0 bridgehead atoms. The summed E-state index contributed by atoms with van der Waals surface area (Å²) in [4.78, 5) is 0. The van der Waals surface area contributed by atoms with E-state index in [1.165, 1.54) is 18.5 Å². The molecule has 1 aliphatic rings. The Kier molecular flexibility index (Phi) is 2.22. The summed E-state index contributed by atoms with van der Waals surface area (Å²) in [5, 5.41) is 7.72. The summed E-state index contributed by atoms with van der Waals surface area (Å²) in [7, 11) is 1.96. The molecule has 0 radical (unpaired) electrons. The van der Waals surface area contributed by atoms with E-state index in [4.69, 9.17) is 5.73 Å². The third-order valence-electron chi connectivity index (χ3n) is 2.31. The molecule has 2 rings (SSSR count). The van der Waals surface area contributed by atoms with Crippen molar-refractivity contribution < 1.29 is 0 Å². The van der Waals surface area contributed by atoms with E-state index in [2.05, 4.69) is 16.5 Å². The lowest BCUT2D eigenvalue weighted by molar-refractivity contribution is 0.707. The molecule has 3 N–H and O–H groups in total. The molecular formula is C9H16N4. The highest BCUT2D eigenvalue weighted by atomic mass is 15.3. The molecule has 0 spiro atoms. The van der Waals surface area contributed by atoms with Crippen molar-refractivity contribution in [3.8, 4) is 0 Å². The molecule has 72 valence electrons. The number of nitrogens with one attached hydrogen (secondary N) is 1. The van der Waals surface area contributed by atoms with Gasteiger partial charge in [0.1, 0.15) is 5.82 Å². The maximum atomic E-state index is 5.49. The van der Waals surface area contributed by atoms with E-state index in [0.29, 0.717) is 12.6 Å². The van der Waals surface area contributed by atoms with Crippen molar-refractivity contribution in [2.75, 3.05) is 11.9 Å². The van der Waals surface area contributed by atoms with Gasteiger partial charge in [0.25, 0.3) is 0 Å². The SMILES string of the molecule is Cn1nc(NC2CC2)cc1CCN. The van der Waals surface area contributed by atoms with Gasteiger partial charge >= 0.3 is 0 Å². The predicted molar refractivity (Wildman–Crippen MR) is 52.6 cm³/mol. The van der Waals surface area contributed by atoms with Crippen molar-refractivity contribution in [2.45, 2.75) is 25.3 Å². The molecule has 1 aromatic heterocycles. The van der Waals surface area contributed by atoms with Crippen LogP contribution >= 0.6 is 0 Å². The zero-order chi connectivity index (χ0) is 9.26. The van der Waals surface area contributed by atoms with Gasteiger partial charge in [0.15, 0.2) is 0 Å². The van der Waals surface area contributed by atoms with Crippen LogP contribution in [0.25, 0.3) is 0 Å². The van der Waals surface area contributed by atoms with Crippen LogP contribution in [0, 0.1) is 0 Å². The Morgan fingerprint density at radius 1 is 1.69 bits per heavy atom. The van der Waals surface area contributed by atoms with Crippen LogP contribution in [0.15, 0.2) is 6.07 Å². The summed E-state index contributed by atoms with van der Waals surface area (Å²) in [6, 6.07) is 2.76. The number of hydrogen-bond donors (Lipinski definition) is 2. The monoisotopic (exact) mass is 180 g/mol. The highest BCUT2D eigenvalue weighted by Gasteiger charge is 2.21. The lowest BCUT2D eigenvalue weighted by Crippen LogP contribution is -2.07. The third-order valence-corrected chi connectivity index (χ3v) is 2.31. The van der Waals surface area contributed by atoms with E-state index in [0.717, 1.165) is 12.2 Å². The second-order valence-corrected chi connectivity index (χ2v) is 3.60. The Bertz CT molecular complexity index is 288. The van der Waals surface area contributed by atoms with Gasteiger partial charge in [-0.1, -0.05) is 0 Å². The number of anilines is 1. The second-order valence-electron chi connectivity index (χ2n) is 3.60. The number of hydrogen-bond acceptors (Lipinski definition) is 3. The van der Waals surface area contributed by atoms with Gasteiger partial charge in [-0.05, 0) is 19.4 Å². The normalized spacial score (nSPS) is 16.2. The van der Waals surface area contributed by atoms with Crippen molar-refractivity contribution in [2.24, 2.45) is 12.8 Å². The minimum Gasteiger partial charge on any atom is -0.366 e. The van der Waals surface area contributed by atoms with Crippen molar-refractivity contribution >= 4 is 5.82 Å². The molecule has 1 fully saturated rings. The molecule has 1 aromatic rings.